The smallest absolute Gasteiger partial charge is 0.163 e. The molecule has 5 nitrogen and oxygen atoms in total. The minimum absolute atomic E-state index is 0.603. The maximum atomic E-state index is 5.51. The average molecular weight is 219 g/mol. The number of hydrogen-bond acceptors (Lipinski definition) is 4. The van der Waals surface area contributed by atoms with Crippen molar-refractivity contribution in [3.8, 4) is 11.5 Å². The van der Waals surface area contributed by atoms with E-state index in [0.29, 0.717) is 13.2 Å². The predicted molar refractivity (Wildman–Crippen MR) is 59.8 cm³/mol. The molecule has 2 N–H and O–H groups in total. The summed E-state index contributed by atoms with van der Waals surface area (Å²) in [6, 6.07) is 3.86. The van der Waals surface area contributed by atoms with Crippen molar-refractivity contribution in [2.75, 3.05) is 20.3 Å². The molecule has 0 amide bonds. The van der Waals surface area contributed by atoms with Gasteiger partial charge in [0.1, 0.15) is 19.0 Å². The SMILES string of the molecule is CNCc1nc2cc3c(cc2[nH]1)OCCO3. The highest BCUT2D eigenvalue weighted by atomic mass is 16.6. The molecule has 2 heterocycles. The Morgan fingerprint density at radius 2 is 2.06 bits per heavy atom. The molecule has 0 atom stereocenters. The molecule has 0 saturated heterocycles. The van der Waals surface area contributed by atoms with Crippen molar-refractivity contribution < 1.29 is 9.47 Å². The molecule has 1 aliphatic rings. The lowest BCUT2D eigenvalue weighted by atomic mass is 10.2. The number of imidazole rings is 1. The van der Waals surface area contributed by atoms with Crippen LogP contribution in [-0.4, -0.2) is 30.2 Å². The van der Waals surface area contributed by atoms with Gasteiger partial charge in [0.05, 0.1) is 17.6 Å². The third-order valence-electron chi connectivity index (χ3n) is 2.54. The van der Waals surface area contributed by atoms with Crippen LogP contribution in [0.15, 0.2) is 12.1 Å². The summed E-state index contributed by atoms with van der Waals surface area (Å²) in [4.78, 5) is 7.69. The second kappa shape index (κ2) is 3.68. The fraction of sp³-hybridized carbons (Fsp3) is 0.364. The molecule has 0 bridgehead atoms. The van der Waals surface area contributed by atoms with Crippen LogP contribution in [-0.2, 0) is 6.54 Å². The minimum atomic E-state index is 0.603. The zero-order chi connectivity index (χ0) is 11.0. The van der Waals surface area contributed by atoms with E-state index in [0.717, 1.165) is 34.9 Å². The lowest BCUT2D eigenvalue weighted by Gasteiger charge is -2.17. The van der Waals surface area contributed by atoms with E-state index in [9.17, 15) is 0 Å². The van der Waals surface area contributed by atoms with Crippen LogP contribution >= 0.6 is 0 Å². The predicted octanol–water partition coefficient (Wildman–Crippen LogP) is 1.05. The van der Waals surface area contributed by atoms with E-state index in [-0.39, 0.29) is 0 Å². The number of nitrogens with zero attached hydrogens (tertiary/aromatic N) is 1. The monoisotopic (exact) mass is 219 g/mol. The number of H-pyrrole nitrogens is 1. The van der Waals surface area contributed by atoms with Crippen LogP contribution in [0.2, 0.25) is 0 Å². The summed E-state index contributed by atoms with van der Waals surface area (Å²) >= 11 is 0. The maximum Gasteiger partial charge on any atom is 0.163 e. The van der Waals surface area contributed by atoms with Crippen molar-refractivity contribution in [1.82, 2.24) is 15.3 Å². The number of rotatable bonds is 2. The average Bonchev–Trinajstić information content (AvgIpc) is 2.67. The number of nitrogens with one attached hydrogen (secondary N) is 2. The van der Waals surface area contributed by atoms with Crippen molar-refractivity contribution in [3.63, 3.8) is 0 Å². The Morgan fingerprint density at radius 1 is 1.31 bits per heavy atom. The highest BCUT2D eigenvalue weighted by Crippen LogP contribution is 2.33. The molecule has 0 spiro atoms. The van der Waals surface area contributed by atoms with E-state index in [2.05, 4.69) is 15.3 Å². The largest absolute Gasteiger partial charge is 0.486 e. The topological polar surface area (TPSA) is 59.2 Å². The fourth-order valence-electron chi connectivity index (χ4n) is 1.85. The van der Waals surface area contributed by atoms with Gasteiger partial charge in [-0.05, 0) is 7.05 Å². The summed E-state index contributed by atoms with van der Waals surface area (Å²) in [5.41, 5.74) is 1.89. The lowest BCUT2D eigenvalue weighted by Crippen LogP contribution is -2.15. The molecule has 84 valence electrons. The molecule has 1 aromatic carbocycles. The van der Waals surface area contributed by atoms with Gasteiger partial charge in [-0.3, -0.25) is 0 Å². The van der Waals surface area contributed by atoms with Crippen LogP contribution in [0.4, 0.5) is 0 Å². The van der Waals surface area contributed by atoms with Crippen LogP contribution in [0.5, 0.6) is 11.5 Å². The summed E-state index contributed by atoms with van der Waals surface area (Å²) in [7, 11) is 1.89. The second-order valence-electron chi connectivity index (χ2n) is 3.73. The Morgan fingerprint density at radius 3 is 2.81 bits per heavy atom. The van der Waals surface area contributed by atoms with Crippen molar-refractivity contribution in [1.29, 1.82) is 0 Å². The minimum Gasteiger partial charge on any atom is -0.486 e. The van der Waals surface area contributed by atoms with Crippen LogP contribution in [0.3, 0.4) is 0 Å². The highest BCUT2D eigenvalue weighted by Gasteiger charge is 2.14. The summed E-state index contributed by atoms with van der Waals surface area (Å²) in [5, 5.41) is 3.06. The van der Waals surface area contributed by atoms with Gasteiger partial charge in [-0.1, -0.05) is 0 Å². The summed E-state index contributed by atoms with van der Waals surface area (Å²) < 4.78 is 11.0. The van der Waals surface area contributed by atoms with Crippen molar-refractivity contribution in [3.05, 3.63) is 18.0 Å². The van der Waals surface area contributed by atoms with Crippen molar-refractivity contribution in [2.24, 2.45) is 0 Å². The molecular formula is C11H13N3O2. The number of aromatic nitrogens is 2. The Labute approximate surface area is 92.8 Å². The van der Waals surface area contributed by atoms with Crippen LogP contribution in [0.25, 0.3) is 11.0 Å². The first-order valence-electron chi connectivity index (χ1n) is 5.29. The van der Waals surface area contributed by atoms with E-state index in [1.54, 1.807) is 0 Å². The molecule has 0 saturated carbocycles. The first kappa shape index (κ1) is 9.47. The van der Waals surface area contributed by atoms with Crippen molar-refractivity contribution in [2.45, 2.75) is 6.54 Å². The van der Waals surface area contributed by atoms with E-state index < -0.39 is 0 Å². The second-order valence-corrected chi connectivity index (χ2v) is 3.73. The summed E-state index contributed by atoms with van der Waals surface area (Å²) in [5.74, 6) is 2.49. The van der Waals surface area contributed by atoms with Gasteiger partial charge < -0.3 is 19.8 Å². The Bertz CT molecular complexity index is 478. The molecule has 1 aromatic heterocycles. The maximum absolute atomic E-state index is 5.51. The molecule has 16 heavy (non-hydrogen) atoms. The normalized spacial score (nSPS) is 14.3. The van der Waals surface area contributed by atoms with E-state index in [1.807, 2.05) is 19.2 Å². The van der Waals surface area contributed by atoms with Crippen LogP contribution < -0.4 is 14.8 Å². The molecule has 5 heteroatoms. The molecule has 3 rings (SSSR count). The Balaban J connectivity index is 2.09. The summed E-state index contributed by atoms with van der Waals surface area (Å²) in [6.45, 7) is 1.93. The molecular weight excluding hydrogens is 206 g/mol. The highest BCUT2D eigenvalue weighted by molar-refractivity contribution is 5.79. The van der Waals surface area contributed by atoms with Gasteiger partial charge in [0.2, 0.25) is 0 Å². The number of hydrogen-bond donors (Lipinski definition) is 2. The molecule has 2 aromatic rings. The zero-order valence-electron chi connectivity index (χ0n) is 9.04. The van der Waals surface area contributed by atoms with E-state index in [4.69, 9.17) is 9.47 Å². The number of benzene rings is 1. The lowest BCUT2D eigenvalue weighted by molar-refractivity contribution is 0.172. The molecule has 0 radical (unpaired) electrons. The van der Waals surface area contributed by atoms with E-state index in [1.165, 1.54) is 0 Å². The first-order chi connectivity index (χ1) is 7.86. The van der Waals surface area contributed by atoms with Gasteiger partial charge >= 0.3 is 0 Å². The van der Waals surface area contributed by atoms with Gasteiger partial charge in [-0.2, -0.15) is 0 Å². The standard InChI is InChI=1S/C11H13N3O2/c1-12-6-11-13-7-4-9-10(5-8(7)14-11)16-3-2-15-9/h4-5,12H,2-3,6H2,1H3,(H,13,14). The Hall–Kier alpha value is -1.75. The van der Waals surface area contributed by atoms with Gasteiger partial charge in [0, 0.05) is 12.1 Å². The third kappa shape index (κ3) is 1.49. The third-order valence-corrected chi connectivity index (χ3v) is 2.54. The van der Waals surface area contributed by atoms with Crippen molar-refractivity contribution >= 4 is 11.0 Å². The number of aromatic amines is 1. The number of ether oxygens (including phenoxy) is 2. The molecule has 1 aliphatic heterocycles. The quantitative estimate of drug-likeness (QED) is 0.792. The molecule has 0 aliphatic carbocycles. The van der Waals surface area contributed by atoms with Gasteiger partial charge in [-0.25, -0.2) is 4.98 Å². The zero-order valence-corrected chi connectivity index (χ0v) is 9.04. The van der Waals surface area contributed by atoms with Crippen LogP contribution in [0, 0.1) is 0 Å². The molecule has 0 unspecified atom stereocenters. The van der Waals surface area contributed by atoms with Gasteiger partial charge in [0.15, 0.2) is 11.5 Å². The van der Waals surface area contributed by atoms with Gasteiger partial charge in [-0.15, -0.1) is 0 Å². The Kier molecular flexibility index (Phi) is 2.18. The van der Waals surface area contributed by atoms with Gasteiger partial charge in [0.25, 0.3) is 0 Å². The fourth-order valence-corrected chi connectivity index (χ4v) is 1.85. The van der Waals surface area contributed by atoms with E-state index >= 15 is 0 Å². The summed E-state index contributed by atoms with van der Waals surface area (Å²) in [6.07, 6.45) is 0. The number of fused-ring (bicyclic) bond motifs is 2. The molecule has 0 fully saturated rings. The van der Waals surface area contributed by atoms with Crippen LogP contribution in [0.1, 0.15) is 5.82 Å². The first-order valence-corrected chi connectivity index (χ1v) is 5.29.